The van der Waals surface area contributed by atoms with Gasteiger partial charge in [0.2, 0.25) is 0 Å². The molecule has 0 spiro atoms. The number of nitrogens with zero attached hydrogens (tertiary/aromatic N) is 1. The van der Waals surface area contributed by atoms with Crippen LogP contribution in [0.4, 0.5) is 0 Å². The summed E-state index contributed by atoms with van der Waals surface area (Å²) in [6, 6.07) is 4.33. The molecule has 1 aromatic heterocycles. The maximum Gasteiger partial charge on any atom is 0.105 e. The lowest BCUT2D eigenvalue weighted by Gasteiger charge is -2.34. The van der Waals surface area contributed by atoms with E-state index in [4.69, 9.17) is 9.68 Å². The van der Waals surface area contributed by atoms with E-state index < -0.39 is 0 Å². The van der Waals surface area contributed by atoms with Crippen molar-refractivity contribution in [3.8, 4) is 6.07 Å². The summed E-state index contributed by atoms with van der Waals surface area (Å²) in [5, 5.41) is 9.04. The van der Waals surface area contributed by atoms with Gasteiger partial charge in [-0.25, -0.2) is 0 Å². The first-order chi connectivity index (χ1) is 5.78. The fraction of sp³-hybridized carbons (Fsp3) is 0.500. The van der Waals surface area contributed by atoms with Gasteiger partial charge in [0.25, 0.3) is 0 Å². The van der Waals surface area contributed by atoms with E-state index in [2.05, 4.69) is 6.07 Å². The molecule has 0 aromatic carbocycles. The average Bonchev–Trinajstić information content (AvgIpc) is 2.36. The molecule has 0 aliphatic heterocycles. The van der Waals surface area contributed by atoms with E-state index in [0.29, 0.717) is 0 Å². The highest BCUT2D eigenvalue weighted by Crippen LogP contribution is 2.44. The van der Waals surface area contributed by atoms with Gasteiger partial charge in [-0.2, -0.15) is 5.26 Å². The molecule has 0 atom stereocenters. The molecule has 2 rings (SSSR count). The van der Waals surface area contributed by atoms with Crippen molar-refractivity contribution in [1.29, 1.82) is 5.26 Å². The summed E-state index contributed by atoms with van der Waals surface area (Å²) in [6.45, 7) is 1.92. The van der Waals surface area contributed by atoms with Gasteiger partial charge in [0, 0.05) is 5.56 Å². The van der Waals surface area contributed by atoms with E-state index in [9.17, 15) is 0 Å². The van der Waals surface area contributed by atoms with Crippen molar-refractivity contribution in [2.45, 2.75) is 31.6 Å². The minimum atomic E-state index is -0.211. The molecule has 12 heavy (non-hydrogen) atoms. The van der Waals surface area contributed by atoms with Crippen molar-refractivity contribution in [2.75, 3.05) is 0 Å². The predicted octanol–water partition coefficient (Wildman–Crippen LogP) is 2.53. The summed E-state index contributed by atoms with van der Waals surface area (Å²) in [6.07, 6.45) is 4.81. The molecule has 1 heterocycles. The van der Waals surface area contributed by atoms with Crippen LogP contribution < -0.4 is 0 Å². The van der Waals surface area contributed by atoms with Gasteiger partial charge in [0.15, 0.2) is 0 Å². The molecule has 1 aromatic rings. The number of nitriles is 1. The summed E-state index contributed by atoms with van der Waals surface area (Å²) < 4.78 is 5.20. The minimum Gasteiger partial charge on any atom is -0.469 e. The second kappa shape index (κ2) is 2.38. The van der Waals surface area contributed by atoms with E-state index in [1.54, 1.807) is 6.26 Å². The first-order valence-corrected chi connectivity index (χ1v) is 4.24. The minimum absolute atomic E-state index is 0.211. The maximum atomic E-state index is 9.04. The van der Waals surface area contributed by atoms with Crippen LogP contribution in [0.3, 0.4) is 0 Å². The molecule has 1 saturated carbocycles. The smallest absolute Gasteiger partial charge is 0.105 e. The average molecular weight is 161 g/mol. The largest absolute Gasteiger partial charge is 0.469 e. The van der Waals surface area contributed by atoms with E-state index in [0.717, 1.165) is 30.6 Å². The van der Waals surface area contributed by atoms with Crippen LogP contribution in [-0.2, 0) is 5.41 Å². The monoisotopic (exact) mass is 161 g/mol. The Morgan fingerprint density at radius 2 is 2.33 bits per heavy atom. The van der Waals surface area contributed by atoms with Crippen molar-refractivity contribution >= 4 is 0 Å². The van der Waals surface area contributed by atoms with Crippen molar-refractivity contribution in [3.63, 3.8) is 0 Å². The highest BCUT2D eigenvalue weighted by Gasteiger charge is 2.40. The molecular weight excluding hydrogens is 150 g/mol. The van der Waals surface area contributed by atoms with Crippen LogP contribution in [0, 0.1) is 18.3 Å². The topological polar surface area (TPSA) is 36.9 Å². The second-order valence-electron chi connectivity index (χ2n) is 3.44. The molecule has 0 saturated heterocycles. The Morgan fingerprint density at radius 1 is 1.58 bits per heavy atom. The molecule has 1 aliphatic carbocycles. The Balaban J connectivity index is 2.42. The summed E-state index contributed by atoms with van der Waals surface area (Å²) in [4.78, 5) is 0. The lowest BCUT2D eigenvalue weighted by Crippen LogP contribution is -2.32. The van der Waals surface area contributed by atoms with E-state index in [1.807, 2.05) is 13.0 Å². The molecule has 1 aliphatic rings. The Kier molecular flexibility index (Phi) is 1.47. The highest BCUT2D eigenvalue weighted by atomic mass is 16.3. The van der Waals surface area contributed by atoms with Gasteiger partial charge >= 0.3 is 0 Å². The third-order valence-electron chi connectivity index (χ3n) is 2.80. The normalized spacial score (nSPS) is 19.7. The summed E-state index contributed by atoms with van der Waals surface area (Å²) >= 11 is 0. The zero-order valence-corrected chi connectivity index (χ0v) is 7.13. The molecule has 2 nitrogen and oxygen atoms in total. The van der Waals surface area contributed by atoms with Crippen LogP contribution in [0.2, 0.25) is 0 Å². The molecule has 0 amide bonds. The van der Waals surface area contributed by atoms with E-state index in [1.165, 1.54) is 0 Å². The number of rotatable bonds is 1. The number of hydrogen-bond acceptors (Lipinski definition) is 2. The summed E-state index contributed by atoms with van der Waals surface area (Å²) in [5.74, 6) is 0.899. The third kappa shape index (κ3) is 0.797. The molecular formula is C10H11NO. The standard InChI is InChI=1S/C10H11NO/c1-8-9(3-6-12-8)10(7-11)4-2-5-10/h3,6H,2,4-5H2,1H3. The number of furan rings is 1. The van der Waals surface area contributed by atoms with Crippen molar-refractivity contribution in [3.05, 3.63) is 23.7 Å². The van der Waals surface area contributed by atoms with Gasteiger partial charge < -0.3 is 4.42 Å². The molecule has 0 radical (unpaired) electrons. The Hall–Kier alpha value is -1.23. The van der Waals surface area contributed by atoms with Crippen LogP contribution in [0.15, 0.2) is 16.7 Å². The van der Waals surface area contributed by atoms with Crippen LogP contribution in [0.5, 0.6) is 0 Å². The molecule has 0 N–H and O–H groups in total. The van der Waals surface area contributed by atoms with Crippen LogP contribution >= 0.6 is 0 Å². The van der Waals surface area contributed by atoms with Crippen LogP contribution in [0.1, 0.15) is 30.6 Å². The molecule has 0 bridgehead atoms. The molecule has 62 valence electrons. The lowest BCUT2D eigenvalue weighted by molar-refractivity contribution is 0.318. The van der Waals surface area contributed by atoms with Gasteiger partial charge in [-0.1, -0.05) is 0 Å². The van der Waals surface area contributed by atoms with Gasteiger partial charge in [-0.15, -0.1) is 0 Å². The van der Waals surface area contributed by atoms with Gasteiger partial charge in [-0.3, -0.25) is 0 Å². The number of aryl methyl sites for hydroxylation is 1. The summed E-state index contributed by atoms with van der Waals surface area (Å²) in [5.41, 5.74) is 0.883. The quantitative estimate of drug-likeness (QED) is 0.634. The zero-order valence-electron chi connectivity index (χ0n) is 7.13. The molecule has 0 unspecified atom stereocenters. The molecule has 1 fully saturated rings. The summed E-state index contributed by atoms with van der Waals surface area (Å²) in [7, 11) is 0. The van der Waals surface area contributed by atoms with Crippen LogP contribution in [0.25, 0.3) is 0 Å². The first-order valence-electron chi connectivity index (χ1n) is 4.24. The van der Waals surface area contributed by atoms with Crippen LogP contribution in [-0.4, -0.2) is 0 Å². The maximum absolute atomic E-state index is 9.04. The number of hydrogen-bond donors (Lipinski definition) is 0. The van der Waals surface area contributed by atoms with E-state index in [-0.39, 0.29) is 5.41 Å². The SMILES string of the molecule is Cc1occc1C1(C#N)CCC1. The Labute approximate surface area is 71.8 Å². The highest BCUT2D eigenvalue weighted by molar-refractivity contribution is 5.36. The van der Waals surface area contributed by atoms with Gasteiger partial charge in [-0.05, 0) is 32.3 Å². The molecule has 2 heteroatoms. The van der Waals surface area contributed by atoms with Crippen molar-refractivity contribution in [1.82, 2.24) is 0 Å². The van der Waals surface area contributed by atoms with Crippen molar-refractivity contribution in [2.24, 2.45) is 0 Å². The zero-order chi connectivity index (χ0) is 8.60. The van der Waals surface area contributed by atoms with Gasteiger partial charge in [0.05, 0.1) is 17.7 Å². The Morgan fingerprint density at radius 3 is 2.67 bits per heavy atom. The fourth-order valence-electron chi connectivity index (χ4n) is 1.85. The lowest BCUT2D eigenvalue weighted by atomic mass is 9.65. The first kappa shape index (κ1) is 7.42. The van der Waals surface area contributed by atoms with E-state index >= 15 is 0 Å². The fourth-order valence-corrected chi connectivity index (χ4v) is 1.85. The Bertz CT molecular complexity index is 328. The predicted molar refractivity (Wildman–Crippen MR) is 44.6 cm³/mol. The second-order valence-corrected chi connectivity index (χ2v) is 3.44. The van der Waals surface area contributed by atoms with Gasteiger partial charge in [0.1, 0.15) is 5.76 Å². The van der Waals surface area contributed by atoms with Crippen molar-refractivity contribution < 1.29 is 4.42 Å². The third-order valence-corrected chi connectivity index (χ3v) is 2.80.